The molecule has 1 aliphatic heterocycles. The molecule has 0 radical (unpaired) electrons. The normalized spacial score (nSPS) is 15.5. The molecule has 1 saturated heterocycles. The van der Waals surface area contributed by atoms with Gasteiger partial charge in [0.1, 0.15) is 23.3 Å². The number of aromatic nitrogens is 5. The fourth-order valence-electron chi connectivity index (χ4n) is 3.27. The Hall–Kier alpha value is -2.09. The van der Waals surface area contributed by atoms with Gasteiger partial charge in [-0.3, -0.25) is 4.68 Å². The molecule has 1 fully saturated rings. The second kappa shape index (κ2) is 8.94. The van der Waals surface area contributed by atoms with Gasteiger partial charge in [-0.05, 0) is 12.1 Å². The molecule has 1 aliphatic rings. The van der Waals surface area contributed by atoms with E-state index in [0.717, 1.165) is 24.2 Å². The summed E-state index contributed by atoms with van der Waals surface area (Å²) in [6, 6.07) is 5.96. The van der Waals surface area contributed by atoms with Gasteiger partial charge in [0, 0.05) is 36.6 Å². The molecule has 148 valence electrons. The third kappa shape index (κ3) is 3.62. The van der Waals surface area contributed by atoms with E-state index in [1.165, 1.54) is 10.3 Å². The van der Waals surface area contributed by atoms with E-state index in [2.05, 4.69) is 27.3 Å². The van der Waals surface area contributed by atoms with Crippen LogP contribution in [0.3, 0.4) is 0 Å². The topological polar surface area (TPSA) is 75.6 Å². The Kier molecular flexibility index (Phi) is 6.59. The van der Waals surface area contributed by atoms with Gasteiger partial charge < -0.3 is 0 Å². The molecule has 4 rings (SSSR count). The van der Waals surface area contributed by atoms with Crippen LogP contribution in [0.25, 0.3) is 22.4 Å². The molecule has 4 heterocycles. The molecule has 3 aromatic rings. The van der Waals surface area contributed by atoms with E-state index in [1.807, 2.05) is 30.8 Å². The molecule has 0 spiro atoms. The third-order valence-electron chi connectivity index (χ3n) is 4.50. The molecule has 10 heteroatoms. The molecule has 0 atom stereocenters. The van der Waals surface area contributed by atoms with Gasteiger partial charge in [0.15, 0.2) is 18.0 Å². The number of hydrogen-bond donors (Lipinski definition) is 0. The van der Waals surface area contributed by atoms with Crippen LogP contribution < -0.4 is 0 Å². The molecule has 0 N–H and O–H groups in total. The number of fused-ring (bicyclic) bond motifs is 1. The van der Waals surface area contributed by atoms with Crippen molar-refractivity contribution in [2.24, 2.45) is 0 Å². The molecule has 0 aromatic carbocycles. The van der Waals surface area contributed by atoms with Crippen molar-refractivity contribution in [1.82, 2.24) is 28.0 Å². The van der Waals surface area contributed by atoms with Crippen molar-refractivity contribution in [2.75, 3.05) is 18.8 Å². The van der Waals surface area contributed by atoms with Crippen LogP contribution in [0.2, 0.25) is 0 Å². The van der Waals surface area contributed by atoms with E-state index >= 15 is 0 Å². The molecular formula is C18H22FN7S2. The Balaban J connectivity index is 0.00000109. The summed E-state index contributed by atoms with van der Waals surface area (Å²) < 4.78 is 18.5. The number of nitriles is 1. The van der Waals surface area contributed by atoms with Crippen LogP contribution >= 0.6 is 24.3 Å². The van der Waals surface area contributed by atoms with Gasteiger partial charge in [0.2, 0.25) is 0 Å². The van der Waals surface area contributed by atoms with Crippen LogP contribution in [-0.4, -0.2) is 46.9 Å². The van der Waals surface area contributed by atoms with Crippen LogP contribution in [0.1, 0.15) is 27.2 Å². The van der Waals surface area contributed by atoms with Crippen molar-refractivity contribution in [2.45, 2.75) is 32.7 Å². The fourth-order valence-corrected chi connectivity index (χ4v) is 4.62. The van der Waals surface area contributed by atoms with Gasteiger partial charge in [-0.2, -0.15) is 10.4 Å². The Morgan fingerprint density at radius 1 is 1.25 bits per heavy atom. The molecule has 7 nitrogen and oxygen atoms in total. The minimum Gasteiger partial charge on any atom is -0.262 e. The van der Waals surface area contributed by atoms with E-state index in [-0.39, 0.29) is 17.9 Å². The minimum absolute atomic E-state index is 0.0994. The van der Waals surface area contributed by atoms with Crippen molar-refractivity contribution in [1.29, 1.82) is 5.26 Å². The summed E-state index contributed by atoms with van der Waals surface area (Å²) in [4.78, 5) is 8.49. The smallest absolute Gasteiger partial charge is 0.171 e. The first-order valence-corrected chi connectivity index (χ1v) is 10.7. The van der Waals surface area contributed by atoms with Gasteiger partial charge in [-0.25, -0.2) is 18.2 Å². The first-order chi connectivity index (χ1) is 13.7. The maximum atomic E-state index is 13.0. The summed E-state index contributed by atoms with van der Waals surface area (Å²) in [5.74, 6) is 1.01. The maximum absolute atomic E-state index is 13.0. The second-order valence-corrected chi connectivity index (χ2v) is 7.97. The quantitative estimate of drug-likeness (QED) is 0.552. The predicted octanol–water partition coefficient (Wildman–Crippen LogP) is 4.29. The van der Waals surface area contributed by atoms with Crippen LogP contribution in [0.4, 0.5) is 3.89 Å². The number of halogens is 1. The predicted molar refractivity (Wildman–Crippen MR) is 112 cm³/mol. The summed E-state index contributed by atoms with van der Waals surface area (Å²) >= 11 is 1.87. The molecule has 28 heavy (non-hydrogen) atoms. The van der Waals surface area contributed by atoms with Crippen molar-refractivity contribution in [3.63, 3.8) is 0 Å². The van der Waals surface area contributed by atoms with Crippen molar-refractivity contribution in [3.8, 4) is 17.5 Å². The van der Waals surface area contributed by atoms with Crippen molar-refractivity contribution < 1.29 is 3.89 Å². The summed E-state index contributed by atoms with van der Waals surface area (Å²) in [5.41, 5.74) is 1.56. The average Bonchev–Trinajstić information content (AvgIpc) is 3.35. The number of nitrogens with zero attached hydrogens (tertiary/aromatic N) is 7. The lowest BCUT2D eigenvalue weighted by atomic mass is 9.89. The Morgan fingerprint density at radius 3 is 2.71 bits per heavy atom. The lowest BCUT2D eigenvalue weighted by Crippen LogP contribution is -2.60. The zero-order valence-corrected chi connectivity index (χ0v) is 17.7. The first-order valence-electron chi connectivity index (χ1n) is 9.13. The molecule has 0 bridgehead atoms. The lowest BCUT2D eigenvalue weighted by molar-refractivity contribution is 0.0814. The van der Waals surface area contributed by atoms with Gasteiger partial charge >= 0.3 is 0 Å². The lowest BCUT2D eigenvalue weighted by Gasteiger charge is -2.48. The van der Waals surface area contributed by atoms with Gasteiger partial charge in [-0.15, -0.1) is 3.89 Å². The van der Waals surface area contributed by atoms with E-state index in [0.29, 0.717) is 23.5 Å². The minimum atomic E-state index is -0.304. The summed E-state index contributed by atoms with van der Waals surface area (Å²) in [5, 5.41) is 14.7. The van der Waals surface area contributed by atoms with Gasteiger partial charge in [0.25, 0.3) is 0 Å². The van der Waals surface area contributed by atoms with Crippen LogP contribution in [-0.2, 0) is 5.54 Å². The van der Waals surface area contributed by atoms with E-state index in [1.54, 1.807) is 24.2 Å². The Labute approximate surface area is 172 Å². The second-order valence-electron chi connectivity index (χ2n) is 6.09. The van der Waals surface area contributed by atoms with E-state index in [4.69, 9.17) is 5.10 Å². The highest BCUT2D eigenvalue weighted by Gasteiger charge is 2.45. The molecule has 0 saturated carbocycles. The molecule has 0 unspecified atom stereocenters. The SMILES string of the molecule is CC.CCSN1CC(CC#N)(n2ccc(-c3ncnc4c3ccn4SF)n2)C1. The van der Waals surface area contributed by atoms with Crippen LogP contribution in [0.15, 0.2) is 30.9 Å². The fraction of sp³-hybridized carbons (Fsp3) is 0.444. The molecule has 0 amide bonds. The Bertz CT molecular complexity index is 972. The third-order valence-corrected chi connectivity index (χ3v) is 5.83. The highest BCUT2D eigenvalue weighted by atomic mass is 32.2. The first kappa shape index (κ1) is 20.6. The van der Waals surface area contributed by atoms with E-state index < -0.39 is 0 Å². The molecule has 3 aromatic heterocycles. The maximum Gasteiger partial charge on any atom is 0.171 e. The van der Waals surface area contributed by atoms with Gasteiger partial charge in [-0.1, -0.05) is 32.7 Å². The largest absolute Gasteiger partial charge is 0.262 e. The number of hydrogen-bond acceptors (Lipinski definition) is 7. The Morgan fingerprint density at radius 2 is 2.04 bits per heavy atom. The molecule has 0 aliphatic carbocycles. The monoisotopic (exact) mass is 419 g/mol. The highest BCUT2D eigenvalue weighted by Crippen LogP contribution is 2.37. The van der Waals surface area contributed by atoms with Gasteiger partial charge in [0.05, 0.1) is 12.5 Å². The average molecular weight is 420 g/mol. The summed E-state index contributed by atoms with van der Waals surface area (Å²) in [7, 11) is 0. The van der Waals surface area contributed by atoms with Crippen molar-refractivity contribution in [3.05, 3.63) is 30.9 Å². The molecular weight excluding hydrogens is 397 g/mol. The zero-order valence-electron chi connectivity index (χ0n) is 16.0. The highest BCUT2D eigenvalue weighted by molar-refractivity contribution is 7.97. The summed E-state index contributed by atoms with van der Waals surface area (Å²) in [6.07, 6.45) is 5.34. The zero-order chi connectivity index (χ0) is 20.1. The van der Waals surface area contributed by atoms with E-state index in [9.17, 15) is 9.15 Å². The number of rotatable bonds is 6. The summed E-state index contributed by atoms with van der Waals surface area (Å²) in [6.45, 7) is 7.69. The van der Waals surface area contributed by atoms with Crippen LogP contribution in [0.5, 0.6) is 0 Å². The standard InChI is InChI=1S/C16H16FN7S2.C2H6/c1-2-25-22-9-16(10-22,5-6-18)24-8-4-13(21-24)14-12-3-7-23(26-17)15(12)20-11-19-14;1-2/h3-4,7-8,11H,2,5,9-10H2,1H3;1-2H3. The van der Waals surface area contributed by atoms with Crippen LogP contribution in [0, 0.1) is 11.3 Å². The van der Waals surface area contributed by atoms with Crippen molar-refractivity contribution >= 4 is 35.3 Å².